The lowest BCUT2D eigenvalue weighted by Crippen LogP contribution is -2.14. The van der Waals surface area contributed by atoms with E-state index in [0.717, 1.165) is 12.8 Å². The van der Waals surface area contributed by atoms with Crippen LogP contribution in [0.2, 0.25) is 0 Å². The van der Waals surface area contributed by atoms with Crippen LogP contribution in [-0.2, 0) is 13.6 Å². The maximum absolute atomic E-state index is 11.7. The molecule has 0 aliphatic rings. The van der Waals surface area contributed by atoms with Crippen LogP contribution in [0, 0.1) is 0 Å². The highest BCUT2D eigenvalue weighted by Crippen LogP contribution is 2.41. The first-order chi connectivity index (χ1) is 12.2. The van der Waals surface area contributed by atoms with Gasteiger partial charge in [0.05, 0.1) is 0 Å². The third kappa shape index (κ3) is 17.0. The molecule has 0 fully saturated rings. The average molecular weight is 376 g/mol. The van der Waals surface area contributed by atoms with Gasteiger partial charge >= 0.3 is 7.75 Å². The van der Waals surface area contributed by atoms with Crippen molar-refractivity contribution in [3.63, 3.8) is 0 Å². The molecule has 150 valence electrons. The number of hydrogen-bond acceptors (Lipinski definition) is 3. The third-order valence-corrected chi connectivity index (χ3v) is 6.05. The fraction of sp³-hybridized carbons (Fsp3) is 0.900. The predicted octanol–water partition coefficient (Wildman–Crippen LogP) is 7.01. The van der Waals surface area contributed by atoms with Gasteiger partial charge in [-0.25, -0.2) is 9.65 Å². The number of allylic oxidation sites excluding steroid dienone is 2. The molecule has 25 heavy (non-hydrogen) atoms. The van der Waals surface area contributed by atoms with Crippen molar-refractivity contribution in [3.05, 3.63) is 12.2 Å². The van der Waals surface area contributed by atoms with Gasteiger partial charge in [0.15, 0.2) is 0 Å². The monoisotopic (exact) mass is 375 g/mol. The van der Waals surface area contributed by atoms with Gasteiger partial charge in [-0.15, -0.1) is 0 Å². The first kappa shape index (κ1) is 24.8. The Balaban J connectivity index is 3.23. The third-order valence-electron chi connectivity index (χ3n) is 4.47. The highest BCUT2D eigenvalue weighted by Gasteiger charge is 2.18. The lowest BCUT2D eigenvalue weighted by Gasteiger charge is -2.14. The van der Waals surface area contributed by atoms with E-state index in [-0.39, 0.29) is 0 Å². The van der Waals surface area contributed by atoms with Crippen LogP contribution >= 0.6 is 7.75 Å². The van der Waals surface area contributed by atoms with Gasteiger partial charge in [0, 0.05) is 20.8 Å². The van der Waals surface area contributed by atoms with Crippen molar-refractivity contribution in [2.75, 3.05) is 20.8 Å². The minimum absolute atomic E-state index is 0.681. The van der Waals surface area contributed by atoms with Gasteiger partial charge in [-0.3, -0.25) is 0 Å². The molecule has 1 N–H and O–H groups in total. The normalized spacial score (nSPS) is 12.3. The predicted molar refractivity (Wildman–Crippen MR) is 109 cm³/mol. The van der Waals surface area contributed by atoms with E-state index in [1.807, 2.05) is 0 Å². The Morgan fingerprint density at radius 3 is 1.64 bits per heavy atom. The summed E-state index contributed by atoms with van der Waals surface area (Å²) in [5.41, 5.74) is 0. The fourth-order valence-corrected chi connectivity index (χ4v) is 3.63. The second kappa shape index (κ2) is 18.6. The van der Waals surface area contributed by atoms with Crippen LogP contribution in [0.15, 0.2) is 12.2 Å². The molecule has 0 amide bonds. The Bertz CT molecular complexity index is 340. The van der Waals surface area contributed by atoms with E-state index in [2.05, 4.69) is 24.2 Å². The molecule has 0 aliphatic heterocycles. The molecule has 0 aromatic rings. The van der Waals surface area contributed by atoms with Gasteiger partial charge in [-0.1, -0.05) is 76.9 Å². The molecule has 0 radical (unpaired) electrons. The van der Waals surface area contributed by atoms with Crippen LogP contribution in [0.4, 0.5) is 0 Å². The zero-order chi connectivity index (χ0) is 18.6. The van der Waals surface area contributed by atoms with Gasteiger partial charge in [-0.2, -0.15) is 0 Å². The lowest BCUT2D eigenvalue weighted by atomic mass is 10.1. The summed E-state index contributed by atoms with van der Waals surface area (Å²) in [6.07, 6.45) is 22.8. The molecule has 0 aliphatic carbocycles. The summed E-state index contributed by atoms with van der Waals surface area (Å²) in [6.45, 7) is 2.95. The first-order valence-corrected chi connectivity index (χ1v) is 11.8. The van der Waals surface area contributed by atoms with Crippen LogP contribution < -0.4 is 5.09 Å². The summed E-state index contributed by atoms with van der Waals surface area (Å²) in [7, 11) is -0.224. The van der Waals surface area contributed by atoms with Crippen LogP contribution in [0.5, 0.6) is 0 Å². The highest BCUT2D eigenvalue weighted by molar-refractivity contribution is 7.51. The van der Waals surface area contributed by atoms with Gasteiger partial charge in [-0.05, 0) is 32.1 Å². The molecule has 0 saturated carbocycles. The first-order valence-electron chi connectivity index (χ1n) is 10.3. The fourth-order valence-electron chi connectivity index (χ4n) is 2.79. The maximum Gasteiger partial charge on any atom is 0.404 e. The molecule has 0 heterocycles. The van der Waals surface area contributed by atoms with Gasteiger partial charge in [0.2, 0.25) is 0 Å². The lowest BCUT2D eigenvalue weighted by molar-refractivity contribution is 0.264. The summed E-state index contributed by atoms with van der Waals surface area (Å²) < 4.78 is 21.4. The van der Waals surface area contributed by atoms with Crippen molar-refractivity contribution in [2.24, 2.45) is 0 Å². The van der Waals surface area contributed by atoms with E-state index in [9.17, 15) is 4.57 Å². The molecule has 0 unspecified atom stereocenters. The Kier molecular flexibility index (Phi) is 18.5. The van der Waals surface area contributed by atoms with E-state index in [4.69, 9.17) is 9.05 Å². The number of unbranched alkanes of at least 4 members (excludes halogenated alkanes) is 12. The molecular formula is C20H42NO3P. The van der Waals surface area contributed by atoms with Crippen LogP contribution in [0.25, 0.3) is 0 Å². The van der Waals surface area contributed by atoms with Crippen molar-refractivity contribution in [1.82, 2.24) is 5.09 Å². The molecule has 0 atom stereocenters. The SMILES string of the molecule is CCCCCCCCC=CCCCCCCCCNP(=O)(OC)OC. The minimum atomic E-state index is -3.03. The van der Waals surface area contributed by atoms with Crippen molar-refractivity contribution >= 4 is 7.75 Å². The summed E-state index contributed by atoms with van der Waals surface area (Å²) in [6, 6.07) is 0. The van der Waals surface area contributed by atoms with Crippen LogP contribution in [0.3, 0.4) is 0 Å². The Hall–Kier alpha value is -0.150. The smallest absolute Gasteiger partial charge is 0.300 e. The van der Waals surface area contributed by atoms with Crippen molar-refractivity contribution in [2.45, 2.75) is 96.8 Å². The Morgan fingerprint density at radius 1 is 0.720 bits per heavy atom. The van der Waals surface area contributed by atoms with Crippen LogP contribution in [0.1, 0.15) is 96.8 Å². The highest BCUT2D eigenvalue weighted by atomic mass is 31.2. The largest absolute Gasteiger partial charge is 0.404 e. The number of hydrogen-bond donors (Lipinski definition) is 1. The standard InChI is InChI=1S/C20H42NO3P/c1-4-5-6-7-8-9-10-11-12-13-14-15-16-17-18-19-20-21-25(22,23-2)24-3/h11-12H,4-10,13-20H2,1-3H3,(H,21,22). The van der Waals surface area contributed by atoms with E-state index in [1.54, 1.807) is 0 Å². The Labute approximate surface area is 156 Å². The second-order valence-electron chi connectivity index (χ2n) is 6.71. The van der Waals surface area contributed by atoms with Crippen molar-refractivity contribution < 1.29 is 13.6 Å². The summed E-state index contributed by atoms with van der Waals surface area (Å²) >= 11 is 0. The molecule has 0 bridgehead atoms. The maximum atomic E-state index is 11.7. The van der Waals surface area contributed by atoms with Crippen LogP contribution in [-0.4, -0.2) is 20.8 Å². The topological polar surface area (TPSA) is 47.6 Å². The zero-order valence-electron chi connectivity index (χ0n) is 16.9. The van der Waals surface area contributed by atoms with Crippen molar-refractivity contribution in [3.8, 4) is 0 Å². The van der Waals surface area contributed by atoms with Gasteiger partial charge in [0.25, 0.3) is 0 Å². The molecule has 0 aromatic heterocycles. The van der Waals surface area contributed by atoms with E-state index in [0.29, 0.717) is 6.54 Å². The van der Waals surface area contributed by atoms with E-state index in [1.165, 1.54) is 91.3 Å². The Morgan fingerprint density at radius 2 is 1.16 bits per heavy atom. The zero-order valence-corrected chi connectivity index (χ0v) is 17.8. The molecule has 0 saturated heterocycles. The molecule has 0 aromatic carbocycles. The quantitative estimate of drug-likeness (QED) is 0.150. The molecular weight excluding hydrogens is 333 g/mol. The molecule has 5 heteroatoms. The molecule has 0 spiro atoms. The second-order valence-corrected chi connectivity index (χ2v) is 8.75. The number of rotatable bonds is 19. The molecule has 4 nitrogen and oxygen atoms in total. The van der Waals surface area contributed by atoms with Crippen molar-refractivity contribution in [1.29, 1.82) is 0 Å². The summed E-state index contributed by atoms with van der Waals surface area (Å²) in [5.74, 6) is 0. The summed E-state index contributed by atoms with van der Waals surface area (Å²) in [5, 5.41) is 2.85. The number of nitrogens with one attached hydrogen (secondary N) is 1. The van der Waals surface area contributed by atoms with E-state index >= 15 is 0 Å². The summed E-state index contributed by atoms with van der Waals surface area (Å²) in [4.78, 5) is 0. The minimum Gasteiger partial charge on any atom is -0.300 e. The average Bonchev–Trinajstić information content (AvgIpc) is 2.64. The van der Waals surface area contributed by atoms with E-state index < -0.39 is 7.75 Å². The van der Waals surface area contributed by atoms with Gasteiger partial charge in [0.1, 0.15) is 0 Å². The van der Waals surface area contributed by atoms with Gasteiger partial charge < -0.3 is 9.05 Å². The molecule has 0 rings (SSSR count).